The molecule has 3 fully saturated rings. The second-order valence-electron chi connectivity index (χ2n) is 7.54. The molecule has 6 nitrogen and oxygen atoms in total. The highest BCUT2D eigenvalue weighted by atomic mass is 16.2. The van der Waals surface area contributed by atoms with E-state index in [-0.39, 0.29) is 18.0 Å². The van der Waals surface area contributed by atoms with Crippen molar-refractivity contribution in [2.24, 2.45) is 0 Å². The molecule has 2 heterocycles. The summed E-state index contributed by atoms with van der Waals surface area (Å²) in [7, 11) is 0. The quantitative estimate of drug-likeness (QED) is 0.726. The van der Waals surface area contributed by atoms with Gasteiger partial charge in [-0.05, 0) is 51.7 Å². The molecule has 2 saturated heterocycles. The van der Waals surface area contributed by atoms with Crippen molar-refractivity contribution in [3.8, 4) is 0 Å². The summed E-state index contributed by atoms with van der Waals surface area (Å²) < 4.78 is 0. The summed E-state index contributed by atoms with van der Waals surface area (Å²) in [5, 5.41) is 5.92. The third-order valence-electron chi connectivity index (χ3n) is 5.64. The second-order valence-corrected chi connectivity index (χ2v) is 7.54. The van der Waals surface area contributed by atoms with Crippen molar-refractivity contribution in [3.05, 3.63) is 0 Å². The zero-order valence-corrected chi connectivity index (χ0v) is 14.8. The Morgan fingerprint density at radius 2 is 1.83 bits per heavy atom. The second kappa shape index (κ2) is 8.70. The van der Waals surface area contributed by atoms with Crippen molar-refractivity contribution in [2.75, 3.05) is 32.7 Å². The molecule has 0 aromatic carbocycles. The lowest BCUT2D eigenvalue weighted by Gasteiger charge is -2.31. The number of amides is 3. The maximum atomic E-state index is 12.2. The van der Waals surface area contributed by atoms with Gasteiger partial charge >= 0.3 is 6.03 Å². The van der Waals surface area contributed by atoms with Crippen molar-refractivity contribution in [1.29, 1.82) is 0 Å². The lowest BCUT2D eigenvalue weighted by molar-refractivity contribution is -0.130. The number of carbonyl (C=O) groups excluding carboxylic acids is 2. The molecule has 1 atom stereocenters. The Kier molecular flexibility index (Phi) is 6.35. The van der Waals surface area contributed by atoms with Crippen molar-refractivity contribution in [2.45, 2.75) is 69.9 Å². The molecule has 2 N–H and O–H groups in total. The maximum Gasteiger partial charge on any atom is 0.315 e. The first-order valence-electron chi connectivity index (χ1n) is 9.78. The van der Waals surface area contributed by atoms with Gasteiger partial charge in [-0.1, -0.05) is 19.3 Å². The zero-order valence-electron chi connectivity index (χ0n) is 14.8. The average Bonchev–Trinajstić information content (AvgIpc) is 3.22. The number of nitrogens with one attached hydrogen (secondary N) is 2. The minimum Gasteiger partial charge on any atom is -0.338 e. The monoisotopic (exact) mass is 336 g/mol. The van der Waals surface area contributed by atoms with Crippen LogP contribution in [-0.2, 0) is 4.79 Å². The van der Waals surface area contributed by atoms with Crippen LogP contribution in [0.2, 0.25) is 0 Å². The van der Waals surface area contributed by atoms with Gasteiger partial charge in [-0.3, -0.25) is 4.79 Å². The van der Waals surface area contributed by atoms with E-state index in [0.717, 1.165) is 25.8 Å². The number of rotatable bonds is 6. The molecular formula is C18H32N4O2. The van der Waals surface area contributed by atoms with Crippen molar-refractivity contribution < 1.29 is 9.59 Å². The Hall–Kier alpha value is -1.30. The van der Waals surface area contributed by atoms with Gasteiger partial charge in [0.25, 0.3) is 0 Å². The summed E-state index contributed by atoms with van der Waals surface area (Å²) in [6, 6.07) is 0.249. The zero-order chi connectivity index (χ0) is 16.8. The molecule has 0 unspecified atom stereocenters. The standard InChI is InChI=1S/C18H32N4O2/c23-17-13-15(14-22(17)16-7-2-1-3-8-16)20-18(24)19-9-6-12-21-10-4-5-11-21/h15-16H,1-14H2,(H2,19,20,24)/t15-/m0/s1. The first-order chi connectivity index (χ1) is 11.7. The molecule has 3 rings (SSSR count). The Balaban J connectivity index is 1.32. The van der Waals surface area contributed by atoms with Crippen LogP contribution in [0.4, 0.5) is 4.79 Å². The first kappa shape index (κ1) is 17.5. The molecule has 1 saturated carbocycles. The van der Waals surface area contributed by atoms with Crippen LogP contribution in [-0.4, -0.2) is 66.5 Å². The summed E-state index contributed by atoms with van der Waals surface area (Å²) >= 11 is 0. The summed E-state index contributed by atoms with van der Waals surface area (Å²) in [5.74, 6) is 0.209. The van der Waals surface area contributed by atoms with Gasteiger partial charge in [0, 0.05) is 25.6 Å². The van der Waals surface area contributed by atoms with Crippen LogP contribution in [0.3, 0.4) is 0 Å². The first-order valence-corrected chi connectivity index (χ1v) is 9.78. The minimum absolute atomic E-state index is 0.0296. The number of hydrogen-bond donors (Lipinski definition) is 2. The van der Waals surface area contributed by atoms with Crippen LogP contribution in [0.5, 0.6) is 0 Å². The maximum absolute atomic E-state index is 12.2. The number of nitrogens with zero attached hydrogens (tertiary/aromatic N) is 2. The number of likely N-dealkylation sites (tertiary alicyclic amines) is 2. The lowest BCUT2D eigenvalue weighted by Crippen LogP contribution is -2.45. The van der Waals surface area contributed by atoms with E-state index in [2.05, 4.69) is 15.5 Å². The topological polar surface area (TPSA) is 64.7 Å². The summed E-state index contributed by atoms with van der Waals surface area (Å²) in [5.41, 5.74) is 0. The van der Waals surface area contributed by atoms with Gasteiger partial charge in [-0.15, -0.1) is 0 Å². The smallest absolute Gasteiger partial charge is 0.315 e. The molecule has 3 amide bonds. The minimum atomic E-state index is -0.125. The molecule has 3 aliphatic rings. The van der Waals surface area contributed by atoms with E-state index in [1.165, 1.54) is 45.2 Å². The molecule has 136 valence electrons. The fourth-order valence-corrected chi connectivity index (χ4v) is 4.32. The van der Waals surface area contributed by atoms with E-state index in [9.17, 15) is 9.59 Å². The number of urea groups is 1. The highest BCUT2D eigenvalue weighted by molar-refractivity contribution is 5.82. The van der Waals surface area contributed by atoms with Crippen LogP contribution in [0, 0.1) is 0 Å². The molecule has 0 aromatic rings. The Morgan fingerprint density at radius 1 is 1.08 bits per heavy atom. The van der Waals surface area contributed by atoms with Crippen molar-refractivity contribution in [1.82, 2.24) is 20.4 Å². The van der Waals surface area contributed by atoms with Crippen LogP contribution < -0.4 is 10.6 Å². The highest BCUT2D eigenvalue weighted by Gasteiger charge is 2.35. The molecule has 0 bridgehead atoms. The van der Waals surface area contributed by atoms with Gasteiger partial charge in [0.2, 0.25) is 5.91 Å². The molecule has 1 aliphatic carbocycles. The molecule has 0 radical (unpaired) electrons. The largest absolute Gasteiger partial charge is 0.338 e. The molecule has 2 aliphatic heterocycles. The predicted molar refractivity (Wildman–Crippen MR) is 93.8 cm³/mol. The predicted octanol–water partition coefficient (Wildman–Crippen LogP) is 1.71. The molecule has 0 aromatic heterocycles. The Morgan fingerprint density at radius 3 is 2.58 bits per heavy atom. The van der Waals surface area contributed by atoms with Gasteiger partial charge in [-0.2, -0.15) is 0 Å². The van der Waals surface area contributed by atoms with E-state index in [0.29, 0.717) is 25.6 Å². The van der Waals surface area contributed by atoms with Gasteiger partial charge < -0.3 is 20.4 Å². The van der Waals surface area contributed by atoms with Crippen molar-refractivity contribution >= 4 is 11.9 Å². The Bertz CT molecular complexity index is 431. The van der Waals surface area contributed by atoms with Gasteiger partial charge in [0.15, 0.2) is 0 Å². The molecule has 24 heavy (non-hydrogen) atoms. The molecule has 0 spiro atoms. The van der Waals surface area contributed by atoms with E-state index >= 15 is 0 Å². The lowest BCUT2D eigenvalue weighted by atomic mass is 9.94. The number of hydrogen-bond acceptors (Lipinski definition) is 3. The highest BCUT2D eigenvalue weighted by Crippen LogP contribution is 2.26. The van der Waals surface area contributed by atoms with Crippen LogP contribution in [0.15, 0.2) is 0 Å². The molecule has 6 heteroatoms. The number of carbonyl (C=O) groups is 2. The van der Waals surface area contributed by atoms with Crippen molar-refractivity contribution in [3.63, 3.8) is 0 Å². The normalized spacial score (nSPS) is 26.1. The fraction of sp³-hybridized carbons (Fsp3) is 0.889. The van der Waals surface area contributed by atoms with E-state index in [4.69, 9.17) is 0 Å². The van der Waals surface area contributed by atoms with Gasteiger partial charge in [0.05, 0.1) is 6.04 Å². The van der Waals surface area contributed by atoms with E-state index in [1.807, 2.05) is 4.90 Å². The van der Waals surface area contributed by atoms with Gasteiger partial charge in [0.1, 0.15) is 0 Å². The third-order valence-corrected chi connectivity index (χ3v) is 5.64. The van der Waals surface area contributed by atoms with Gasteiger partial charge in [-0.25, -0.2) is 4.79 Å². The average molecular weight is 336 g/mol. The fourth-order valence-electron chi connectivity index (χ4n) is 4.32. The van der Waals surface area contributed by atoms with E-state index in [1.54, 1.807) is 0 Å². The van der Waals surface area contributed by atoms with Crippen LogP contribution in [0.1, 0.15) is 57.8 Å². The van der Waals surface area contributed by atoms with Crippen LogP contribution in [0.25, 0.3) is 0 Å². The third kappa shape index (κ3) is 4.85. The van der Waals surface area contributed by atoms with Crippen LogP contribution >= 0.6 is 0 Å². The summed E-state index contributed by atoms with van der Waals surface area (Å²) in [4.78, 5) is 28.7. The summed E-state index contributed by atoms with van der Waals surface area (Å²) in [6.07, 6.45) is 10.1. The Labute approximate surface area is 145 Å². The molecular weight excluding hydrogens is 304 g/mol. The SMILES string of the molecule is O=C(NCCCN1CCCC1)N[C@H]1CC(=O)N(C2CCCCC2)C1. The van der Waals surface area contributed by atoms with E-state index < -0.39 is 0 Å². The summed E-state index contributed by atoms with van der Waals surface area (Å²) in [6.45, 7) is 4.86.